The number of halogens is 2. The molecule has 1 fully saturated rings. The first-order valence-electron chi connectivity index (χ1n) is 5.58. The van der Waals surface area contributed by atoms with Crippen LogP contribution in [-0.2, 0) is 4.79 Å². The van der Waals surface area contributed by atoms with Crippen LogP contribution < -0.4 is 5.32 Å². The van der Waals surface area contributed by atoms with Crippen LogP contribution in [0.1, 0.15) is 24.8 Å². The third kappa shape index (κ3) is 2.99. The van der Waals surface area contributed by atoms with Gasteiger partial charge >= 0.3 is 0 Å². The lowest BCUT2D eigenvalue weighted by molar-refractivity contribution is -0.120. The molecule has 1 amide bonds. The fourth-order valence-corrected chi connectivity index (χ4v) is 1.94. The van der Waals surface area contributed by atoms with Gasteiger partial charge in [0, 0.05) is 25.0 Å². The smallest absolute Gasteiger partial charge is 0.248 e. The zero-order valence-corrected chi connectivity index (χ0v) is 9.54. The molecule has 0 aromatic carbocycles. The van der Waals surface area contributed by atoms with E-state index in [0.29, 0.717) is 5.82 Å². The molecule has 1 heterocycles. The first-order chi connectivity index (χ1) is 7.96. The topological polar surface area (TPSA) is 42.0 Å². The molecule has 0 bridgehead atoms. The average molecular weight is 240 g/mol. The molecule has 3 nitrogen and oxygen atoms in total. The summed E-state index contributed by atoms with van der Waals surface area (Å²) in [5.74, 6) is -3.25. The minimum absolute atomic E-state index is 0.202. The summed E-state index contributed by atoms with van der Waals surface area (Å²) in [6, 6.07) is 3.48. The van der Waals surface area contributed by atoms with Crippen molar-refractivity contribution < 1.29 is 13.6 Å². The van der Waals surface area contributed by atoms with Gasteiger partial charge in [-0.3, -0.25) is 4.79 Å². The Kier molecular flexibility index (Phi) is 3.09. The van der Waals surface area contributed by atoms with Crippen molar-refractivity contribution >= 4 is 11.7 Å². The molecule has 17 heavy (non-hydrogen) atoms. The van der Waals surface area contributed by atoms with Crippen molar-refractivity contribution in [2.75, 3.05) is 5.32 Å². The number of alkyl halides is 2. The zero-order valence-electron chi connectivity index (χ0n) is 9.54. The number of hydrogen-bond donors (Lipinski definition) is 1. The second-order valence-corrected chi connectivity index (χ2v) is 4.51. The standard InChI is InChI=1S/C12H14F2N2O/c1-8-2-3-10(15-7-8)16-11(17)9-4-5-12(13,14)6-9/h2-3,7,9H,4-6H2,1H3,(H,15,16,17). The number of rotatable bonds is 2. The van der Waals surface area contributed by atoms with Crippen LogP contribution in [0.2, 0.25) is 0 Å². The van der Waals surface area contributed by atoms with Crippen molar-refractivity contribution in [3.8, 4) is 0 Å². The minimum Gasteiger partial charge on any atom is -0.310 e. The second kappa shape index (κ2) is 4.39. The molecule has 2 rings (SSSR count). The van der Waals surface area contributed by atoms with E-state index in [1.165, 1.54) is 0 Å². The maximum atomic E-state index is 13.0. The van der Waals surface area contributed by atoms with Crippen LogP contribution in [0.25, 0.3) is 0 Å². The van der Waals surface area contributed by atoms with Crippen molar-refractivity contribution in [2.45, 2.75) is 32.1 Å². The number of nitrogens with one attached hydrogen (secondary N) is 1. The highest BCUT2D eigenvalue weighted by Gasteiger charge is 2.42. The minimum atomic E-state index is -2.69. The summed E-state index contributed by atoms with van der Waals surface area (Å²) >= 11 is 0. The quantitative estimate of drug-likeness (QED) is 0.863. The van der Waals surface area contributed by atoms with E-state index in [-0.39, 0.29) is 25.2 Å². The Morgan fingerprint density at radius 1 is 1.53 bits per heavy atom. The van der Waals surface area contributed by atoms with Crippen LogP contribution in [0, 0.1) is 12.8 Å². The fraction of sp³-hybridized carbons (Fsp3) is 0.500. The predicted octanol–water partition coefficient (Wildman–Crippen LogP) is 2.76. The molecule has 1 aromatic rings. The van der Waals surface area contributed by atoms with E-state index in [1.54, 1.807) is 12.3 Å². The van der Waals surface area contributed by atoms with Crippen molar-refractivity contribution in [3.05, 3.63) is 23.9 Å². The number of carbonyl (C=O) groups excluding carboxylic acids is 1. The number of carbonyl (C=O) groups is 1. The Hall–Kier alpha value is -1.52. The number of amides is 1. The van der Waals surface area contributed by atoms with Crippen LogP contribution in [0.4, 0.5) is 14.6 Å². The van der Waals surface area contributed by atoms with Crippen LogP contribution in [0.3, 0.4) is 0 Å². The van der Waals surface area contributed by atoms with Gasteiger partial charge in [0.25, 0.3) is 0 Å². The van der Waals surface area contributed by atoms with E-state index >= 15 is 0 Å². The normalized spacial score (nSPS) is 22.4. The molecule has 92 valence electrons. The highest BCUT2D eigenvalue weighted by molar-refractivity contribution is 5.91. The molecule has 0 spiro atoms. The Labute approximate surface area is 98.2 Å². The third-order valence-corrected chi connectivity index (χ3v) is 2.94. The van der Waals surface area contributed by atoms with Gasteiger partial charge in [0.05, 0.1) is 0 Å². The van der Waals surface area contributed by atoms with Gasteiger partial charge in [-0.2, -0.15) is 0 Å². The molecule has 1 atom stereocenters. The number of aryl methyl sites for hydroxylation is 1. The Morgan fingerprint density at radius 2 is 2.29 bits per heavy atom. The lowest BCUT2D eigenvalue weighted by Crippen LogP contribution is -2.22. The van der Waals surface area contributed by atoms with Gasteiger partial charge in [-0.15, -0.1) is 0 Å². The van der Waals surface area contributed by atoms with Crippen LogP contribution >= 0.6 is 0 Å². The molecule has 0 radical (unpaired) electrons. The van der Waals surface area contributed by atoms with Gasteiger partial charge in [-0.05, 0) is 25.0 Å². The largest absolute Gasteiger partial charge is 0.310 e. The molecule has 1 unspecified atom stereocenters. The van der Waals surface area contributed by atoms with Crippen LogP contribution in [0.5, 0.6) is 0 Å². The van der Waals surface area contributed by atoms with E-state index in [1.807, 2.05) is 13.0 Å². The molecular weight excluding hydrogens is 226 g/mol. The van der Waals surface area contributed by atoms with E-state index in [2.05, 4.69) is 10.3 Å². The van der Waals surface area contributed by atoms with Gasteiger partial charge in [-0.1, -0.05) is 6.07 Å². The first-order valence-corrected chi connectivity index (χ1v) is 5.58. The molecule has 0 saturated heterocycles. The third-order valence-electron chi connectivity index (χ3n) is 2.94. The van der Waals surface area contributed by atoms with E-state index in [4.69, 9.17) is 0 Å². The van der Waals surface area contributed by atoms with E-state index in [9.17, 15) is 13.6 Å². The summed E-state index contributed by atoms with van der Waals surface area (Å²) in [5, 5.41) is 2.57. The molecule has 1 N–H and O–H groups in total. The zero-order chi connectivity index (χ0) is 12.5. The van der Waals surface area contributed by atoms with Gasteiger partial charge in [0.2, 0.25) is 11.8 Å². The number of anilines is 1. The summed E-state index contributed by atoms with van der Waals surface area (Å²) in [7, 11) is 0. The Morgan fingerprint density at radius 3 is 2.82 bits per heavy atom. The fourth-order valence-electron chi connectivity index (χ4n) is 1.94. The molecule has 5 heteroatoms. The van der Waals surface area contributed by atoms with Crippen molar-refractivity contribution in [3.63, 3.8) is 0 Å². The Bertz CT molecular complexity index is 417. The molecule has 1 aliphatic rings. The highest BCUT2D eigenvalue weighted by atomic mass is 19.3. The molecular formula is C12H14F2N2O. The van der Waals surface area contributed by atoms with E-state index < -0.39 is 11.8 Å². The molecule has 1 saturated carbocycles. The Balaban J connectivity index is 1.96. The summed E-state index contributed by atoms with van der Waals surface area (Å²) in [5.41, 5.74) is 0.982. The van der Waals surface area contributed by atoms with E-state index in [0.717, 1.165) is 5.56 Å². The van der Waals surface area contributed by atoms with Gasteiger partial charge in [0.1, 0.15) is 5.82 Å². The number of aromatic nitrogens is 1. The monoisotopic (exact) mass is 240 g/mol. The first kappa shape index (κ1) is 12.0. The van der Waals surface area contributed by atoms with Crippen LogP contribution in [0.15, 0.2) is 18.3 Å². The number of nitrogens with zero attached hydrogens (tertiary/aromatic N) is 1. The van der Waals surface area contributed by atoms with Crippen molar-refractivity contribution in [1.29, 1.82) is 0 Å². The lowest BCUT2D eigenvalue weighted by Gasteiger charge is -2.10. The van der Waals surface area contributed by atoms with Crippen molar-refractivity contribution in [2.24, 2.45) is 5.92 Å². The maximum Gasteiger partial charge on any atom is 0.248 e. The highest BCUT2D eigenvalue weighted by Crippen LogP contribution is 2.39. The van der Waals surface area contributed by atoms with Crippen molar-refractivity contribution in [1.82, 2.24) is 4.98 Å². The van der Waals surface area contributed by atoms with Gasteiger partial charge in [-0.25, -0.2) is 13.8 Å². The summed E-state index contributed by atoms with van der Waals surface area (Å²) in [4.78, 5) is 15.7. The predicted molar refractivity (Wildman–Crippen MR) is 59.9 cm³/mol. The molecule has 1 aliphatic carbocycles. The summed E-state index contributed by atoms with van der Waals surface area (Å²) in [6.45, 7) is 1.89. The SMILES string of the molecule is Cc1ccc(NC(=O)C2CCC(F)(F)C2)nc1. The van der Waals surface area contributed by atoms with Crippen LogP contribution in [-0.4, -0.2) is 16.8 Å². The molecule has 0 aliphatic heterocycles. The second-order valence-electron chi connectivity index (χ2n) is 4.51. The number of hydrogen-bond acceptors (Lipinski definition) is 2. The summed E-state index contributed by atoms with van der Waals surface area (Å²) < 4.78 is 25.9. The number of pyridine rings is 1. The van der Waals surface area contributed by atoms with Gasteiger partial charge in [0.15, 0.2) is 0 Å². The lowest BCUT2D eigenvalue weighted by atomic mass is 10.1. The maximum absolute atomic E-state index is 13.0. The average Bonchev–Trinajstić information content (AvgIpc) is 2.62. The molecule has 1 aromatic heterocycles. The van der Waals surface area contributed by atoms with Gasteiger partial charge < -0.3 is 5.32 Å². The summed E-state index contributed by atoms with van der Waals surface area (Å²) in [6.07, 6.45) is 1.31.